The SMILES string of the molecule is CC1(C)c2ccccc2-c2ccc(N(C3=CC=C4Oc5c(cc6c(c5-c5ccccc5)C5C=CC=CC5(C)O6)C4C3)c3cccc4c3oc3ccccc34)cc21. The van der Waals surface area contributed by atoms with Crippen LogP contribution >= 0.6 is 0 Å². The van der Waals surface area contributed by atoms with E-state index in [0.29, 0.717) is 0 Å². The fourth-order valence-electron chi connectivity index (χ4n) is 10.3. The van der Waals surface area contributed by atoms with E-state index in [1.165, 1.54) is 39.1 Å². The highest BCUT2D eigenvalue weighted by Gasteiger charge is 2.48. The molecule has 0 radical (unpaired) electrons. The van der Waals surface area contributed by atoms with Crippen LogP contribution in [0.15, 0.2) is 174 Å². The summed E-state index contributed by atoms with van der Waals surface area (Å²) < 4.78 is 20.6. The number of allylic oxidation sites excluding steroid dienone is 6. The van der Waals surface area contributed by atoms with Crippen molar-refractivity contribution >= 4 is 33.3 Å². The van der Waals surface area contributed by atoms with E-state index in [2.05, 4.69) is 177 Å². The molecule has 1 aromatic heterocycles. The molecule has 56 heavy (non-hydrogen) atoms. The van der Waals surface area contributed by atoms with Crippen LogP contribution in [-0.2, 0) is 5.41 Å². The molecular weight excluding hydrogens is 687 g/mol. The zero-order chi connectivity index (χ0) is 37.3. The van der Waals surface area contributed by atoms with Gasteiger partial charge in [-0.15, -0.1) is 0 Å². The maximum absolute atomic E-state index is 6.99. The normalized spacial score (nSPS) is 21.6. The number of benzene rings is 6. The van der Waals surface area contributed by atoms with Gasteiger partial charge in [0.2, 0.25) is 0 Å². The summed E-state index contributed by atoms with van der Waals surface area (Å²) in [7, 11) is 0. The summed E-state index contributed by atoms with van der Waals surface area (Å²) in [5.41, 5.74) is 14.4. The van der Waals surface area contributed by atoms with Crippen LogP contribution in [0.25, 0.3) is 44.2 Å². The molecule has 0 saturated heterocycles. The van der Waals surface area contributed by atoms with Crippen molar-refractivity contribution in [1.29, 1.82) is 0 Å². The van der Waals surface area contributed by atoms with Gasteiger partial charge in [-0.1, -0.05) is 123 Å². The summed E-state index contributed by atoms with van der Waals surface area (Å²) in [5.74, 6) is 2.96. The lowest BCUT2D eigenvalue weighted by atomic mass is 9.78. The van der Waals surface area contributed by atoms with Gasteiger partial charge >= 0.3 is 0 Å². The van der Waals surface area contributed by atoms with Crippen molar-refractivity contribution in [3.05, 3.63) is 191 Å². The molecule has 5 aliphatic rings. The fraction of sp³-hybridized carbons (Fsp3) is 0.154. The first kappa shape index (κ1) is 31.8. The average Bonchev–Trinajstić information content (AvgIpc) is 3.94. The lowest BCUT2D eigenvalue weighted by Crippen LogP contribution is -2.32. The van der Waals surface area contributed by atoms with Gasteiger partial charge in [-0.05, 0) is 83.3 Å². The van der Waals surface area contributed by atoms with E-state index in [1.54, 1.807) is 0 Å². The number of ether oxygens (including phenoxy) is 2. The second-order valence-electron chi connectivity index (χ2n) is 16.5. The minimum absolute atomic E-state index is 0.00961. The zero-order valence-electron chi connectivity index (χ0n) is 31.5. The number of nitrogens with zero attached hydrogens (tertiary/aromatic N) is 1. The Bertz CT molecular complexity index is 2960. The Morgan fingerprint density at radius 3 is 2.43 bits per heavy atom. The van der Waals surface area contributed by atoms with E-state index in [0.717, 1.165) is 68.1 Å². The molecule has 0 bridgehead atoms. The van der Waals surface area contributed by atoms with Crippen LogP contribution in [0.5, 0.6) is 11.5 Å². The molecule has 0 N–H and O–H groups in total. The lowest BCUT2D eigenvalue weighted by Gasteiger charge is -2.32. The molecule has 3 unspecified atom stereocenters. The second kappa shape index (κ2) is 11.3. The van der Waals surface area contributed by atoms with Crippen LogP contribution in [0.3, 0.4) is 0 Å². The Labute approximate surface area is 326 Å². The summed E-state index contributed by atoms with van der Waals surface area (Å²) in [6.07, 6.45) is 13.9. The number of hydrogen-bond donors (Lipinski definition) is 0. The third-order valence-corrected chi connectivity index (χ3v) is 13.0. The highest BCUT2D eigenvalue weighted by atomic mass is 16.5. The monoisotopic (exact) mass is 725 g/mol. The highest BCUT2D eigenvalue weighted by Crippen LogP contribution is 2.60. The minimum atomic E-state index is -0.449. The Morgan fingerprint density at radius 1 is 0.714 bits per heavy atom. The van der Waals surface area contributed by atoms with Crippen molar-refractivity contribution in [2.75, 3.05) is 4.90 Å². The molecule has 7 aromatic rings. The summed E-state index contributed by atoms with van der Waals surface area (Å²) in [6, 6.07) is 43.7. The quantitative estimate of drug-likeness (QED) is 0.181. The van der Waals surface area contributed by atoms with Crippen LogP contribution < -0.4 is 14.4 Å². The average molecular weight is 726 g/mol. The van der Waals surface area contributed by atoms with Crippen LogP contribution in [0.2, 0.25) is 0 Å². The number of hydrogen-bond acceptors (Lipinski definition) is 4. The molecule has 6 aromatic carbocycles. The largest absolute Gasteiger partial charge is 0.482 e. The summed E-state index contributed by atoms with van der Waals surface area (Å²) >= 11 is 0. The first-order valence-corrected chi connectivity index (χ1v) is 19.7. The number of anilines is 2. The third-order valence-electron chi connectivity index (χ3n) is 13.0. The van der Waals surface area contributed by atoms with Gasteiger partial charge in [0.15, 0.2) is 5.58 Å². The number of fused-ring (bicyclic) bond motifs is 12. The Kier molecular flexibility index (Phi) is 6.40. The van der Waals surface area contributed by atoms with Gasteiger partial charge < -0.3 is 18.8 Å². The molecule has 4 nitrogen and oxygen atoms in total. The molecule has 3 aliphatic carbocycles. The highest BCUT2D eigenvalue weighted by molar-refractivity contribution is 6.10. The van der Waals surface area contributed by atoms with Crippen molar-refractivity contribution in [3.63, 3.8) is 0 Å². The van der Waals surface area contributed by atoms with Crippen LogP contribution in [-0.4, -0.2) is 5.60 Å². The third kappa shape index (κ3) is 4.30. The molecule has 3 atom stereocenters. The van der Waals surface area contributed by atoms with Gasteiger partial charge in [-0.25, -0.2) is 0 Å². The molecule has 12 rings (SSSR count). The zero-order valence-corrected chi connectivity index (χ0v) is 31.5. The van der Waals surface area contributed by atoms with Crippen LogP contribution in [0.4, 0.5) is 11.4 Å². The molecular formula is C52H39NO3. The lowest BCUT2D eigenvalue weighted by molar-refractivity contribution is 0.155. The number of furan rings is 1. The maximum Gasteiger partial charge on any atom is 0.159 e. The molecule has 0 fully saturated rings. The smallest absolute Gasteiger partial charge is 0.159 e. The van der Waals surface area contributed by atoms with E-state index in [4.69, 9.17) is 13.9 Å². The second-order valence-corrected chi connectivity index (χ2v) is 16.5. The molecule has 270 valence electrons. The van der Waals surface area contributed by atoms with Gasteiger partial charge in [0.05, 0.1) is 11.6 Å². The standard InChI is InChI=1S/C52H39NO3/c1-51(2)40-19-9-7-16-34(40)35-25-23-33(29-42(35)51)53(43-21-13-18-37-36-17-8-10-22-44(36)54-49(37)43)32-24-26-45-38(28-32)39-30-46-48(41-20-11-12-27-52(41,3)56-46)47(50(39)55-45)31-14-5-4-6-15-31/h4-27,29-30,38,41H,28H2,1-3H3. The first-order valence-electron chi connectivity index (χ1n) is 19.7. The van der Waals surface area contributed by atoms with Gasteiger partial charge in [0, 0.05) is 56.6 Å². The molecule has 0 spiro atoms. The first-order chi connectivity index (χ1) is 27.4. The van der Waals surface area contributed by atoms with Crippen molar-refractivity contribution in [3.8, 4) is 33.8 Å². The predicted molar refractivity (Wildman–Crippen MR) is 226 cm³/mol. The Hall–Kier alpha value is -6.52. The van der Waals surface area contributed by atoms with Gasteiger partial charge in [0.1, 0.15) is 28.4 Å². The van der Waals surface area contributed by atoms with Crippen molar-refractivity contribution in [2.45, 2.75) is 50.0 Å². The maximum atomic E-state index is 6.99. The van der Waals surface area contributed by atoms with Gasteiger partial charge in [-0.3, -0.25) is 0 Å². The molecule has 0 saturated carbocycles. The van der Waals surface area contributed by atoms with Crippen molar-refractivity contribution in [2.24, 2.45) is 0 Å². The minimum Gasteiger partial charge on any atom is -0.482 e. The van der Waals surface area contributed by atoms with Crippen molar-refractivity contribution < 1.29 is 13.9 Å². The molecule has 4 heteroatoms. The van der Waals surface area contributed by atoms with E-state index < -0.39 is 5.60 Å². The van der Waals surface area contributed by atoms with E-state index >= 15 is 0 Å². The predicted octanol–water partition coefficient (Wildman–Crippen LogP) is 13.4. The Balaban J connectivity index is 1.03. The summed E-state index contributed by atoms with van der Waals surface area (Å²) in [5, 5.41) is 2.23. The molecule has 2 aliphatic heterocycles. The summed E-state index contributed by atoms with van der Waals surface area (Å²) in [4.78, 5) is 2.43. The Morgan fingerprint density at radius 2 is 1.52 bits per heavy atom. The topological polar surface area (TPSA) is 34.8 Å². The number of para-hydroxylation sites is 2. The summed E-state index contributed by atoms with van der Waals surface area (Å²) in [6.45, 7) is 6.89. The van der Waals surface area contributed by atoms with Crippen LogP contribution in [0.1, 0.15) is 61.3 Å². The van der Waals surface area contributed by atoms with E-state index in [1.807, 2.05) is 6.07 Å². The molecule has 3 heterocycles. The van der Waals surface area contributed by atoms with Crippen LogP contribution in [0, 0.1) is 0 Å². The van der Waals surface area contributed by atoms with Gasteiger partial charge in [0.25, 0.3) is 0 Å². The van der Waals surface area contributed by atoms with Crippen molar-refractivity contribution in [1.82, 2.24) is 0 Å². The number of rotatable bonds is 4. The van der Waals surface area contributed by atoms with E-state index in [9.17, 15) is 0 Å². The van der Waals surface area contributed by atoms with E-state index in [-0.39, 0.29) is 17.3 Å². The van der Waals surface area contributed by atoms with Gasteiger partial charge in [-0.2, -0.15) is 0 Å². The molecule has 0 amide bonds. The fourth-order valence-corrected chi connectivity index (χ4v) is 10.3.